The molecule has 3 aromatic rings. The monoisotopic (exact) mass is 571 g/mol. The lowest BCUT2D eigenvalue weighted by molar-refractivity contribution is -0.253. The molecular weight excluding hydrogens is 530 g/mol. The number of amides is 1. The zero-order valence-corrected chi connectivity index (χ0v) is 24.1. The summed E-state index contributed by atoms with van der Waals surface area (Å²) in [7, 11) is 0. The summed E-state index contributed by atoms with van der Waals surface area (Å²) >= 11 is 0. The molecule has 0 saturated carbocycles. The van der Waals surface area contributed by atoms with Gasteiger partial charge in [-0.3, -0.25) is 9.80 Å². The Morgan fingerprint density at radius 3 is 2.24 bits per heavy atom. The quantitative estimate of drug-likeness (QED) is 0.315. The summed E-state index contributed by atoms with van der Waals surface area (Å²) < 4.78 is 18.0. The van der Waals surface area contributed by atoms with E-state index in [1.165, 1.54) is 11.6 Å². The molecule has 3 atom stereocenters. The average Bonchev–Trinajstić information content (AvgIpc) is 3.04. The van der Waals surface area contributed by atoms with Crippen LogP contribution in [0.3, 0.4) is 0 Å². The summed E-state index contributed by atoms with van der Waals surface area (Å²) in [6.45, 7) is 10.0. The molecule has 222 valence electrons. The minimum atomic E-state index is -0.509. The van der Waals surface area contributed by atoms with Crippen molar-refractivity contribution in [3.8, 4) is 0 Å². The van der Waals surface area contributed by atoms with Crippen LogP contribution in [0.15, 0.2) is 91.5 Å². The molecule has 0 unspecified atom stereocenters. The van der Waals surface area contributed by atoms with Gasteiger partial charge in [-0.2, -0.15) is 0 Å². The molecule has 8 heteroatoms. The number of carbonyl (C=O) groups is 1. The molecule has 8 nitrogen and oxygen atoms in total. The highest BCUT2D eigenvalue weighted by molar-refractivity contribution is 5.67. The number of hydrogen-bond acceptors (Lipinski definition) is 7. The Balaban J connectivity index is 1.21. The molecule has 2 fully saturated rings. The number of nitrogens with one attached hydrogen (secondary N) is 1. The number of ether oxygens (including phenoxy) is 3. The largest absolute Gasteiger partial charge is 0.445 e. The standard InChI is InChI=1S/C34H41N3O5/c1-2-20-40-34(39)35-22-26-8-14-30(15-9-26)33-41-31(21-32(42-33)29-12-10-28(25-38)11-13-29)24-37-18-16-36(17-19-37)23-27-6-4-3-5-7-27/h2-15,31-33,38H,1,16-25H2,(H,35,39)/t31-,32+,33+/m0/s1. The summed E-state index contributed by atoms with van der Waals surface area (Å²) in [5, 5.41) is 12.2. The molecule has 3 aromatic carbocycles. The zero-order chi connectivity index (χ0) is 29.1. The van der Waals surface area contributed by atoms with E-state index in [9.17, 15) is 9.90 Å². The number of alkyl carbamates (subject to hydrolysis) is 1. The van der Waals surface area contributed by atoms with Crippen LogP contribution in [0.5, 0.6) is 0 Å². The molecule has 2 aliphatic rings. The second-order valence-electron chi connectivity index (χ2n) is 10.9. The second kappa shape index (κ2) is 15.1. The molecule has 2 heterocycles. The van der Waals surface area contributed by atoms with Crippen molar-refractivity contribution in [3.05, 3.63) is 119 Å². The average molecular weight is 572 g/mol. The first-order valence-corrected chi connectivity index (χ1v) is 14.7. The molecule has 0 radical (unpaired) electrons. The fourth-order valence-corrected chi connectivity index (χ4v) is 5.45. The third-order valence-electron chi connectivity index (χ3n) is 7.81. The summed E-state index contributed by atoms with van der Waals surface area (Å²) in [6, 6.07) is 26.6. The Bertz CT molecular complexity index is 1260. The zero-order valence-electron chi connectivity index (χ0n) is 24.1. The number of benzene rings is 3. The van der Waals surface area contributed by atoms with Crippen molar-refractivity contribution in [2.45, 2.75) is 44.6 Å². The van der Waals surface area contributed by atoms with Crippen LogP contribution in [0.2, 0.25) is 0 Å². The van der Waals surface area contributed by atoms with E-state index < -0.39 is 12.4 Å². The lowest BCUT2D eigenvalue weighted by atomic mass is 9.99. The highest BCUT2D eigenvalue weighted by Crippen LogP contribution is 2.38. The van der Waals surface area contributed by atoms with Crippen molar-refractivity contribution in [2.75, 3.05) is 39.3 Å². The van der Waals surface area contributed by atoms with Crippen LogP contribution in [-0.4, -0.2) is 66.4 Å². The number of nitrogens with zero attached hydrogens (tertiary/aromatic N) is 2. The molecule has 2 aliphatic heterocycles. The van der Waals surface area contributed by atoms with Crippen LogP contribution in [0.1, 0.15) is 46.6 Å². The Labute approximate surface area is 248 Å². The van der Waals surface area contributed by atoms with Gasteiger partial charge in [0.15, 0.2) is 6.29 Å². The van der Waals surface area contributed by atoms with Crippen molar-refractivity contribution in [1.29, 1.82) is 0 Å². The van der Waals surface area contributed by atoms with Gasteiger partial charge in [-0.1, -0.05) is 91.5 Å². The van der Waals surface area contributed by atoms with Crippen LogP contribution in [0.4, 0.5) is 4.79 Å². The summed E-state index contributed by atoms with van der Waals surface area (Å²) in [5.41, 5.74) is 5.20. The van der Waals surface area contributed by atoms with Gasteiger partial charge in [-0.15, -0.1) is 0 Å². The van der Waals surface area contributed by atoms with Gasteiger partial charge in [0.1, 0.15) is 6.61 Å². The Morgan fingerprint density at radius 1 is 0.881 bits per heavy atom. The maximum absolute atomic E-state index is 11.8. The van der Waals surface area contributed by atoms with Gasteiger partial charge in [-0.25, -0.2) is 4.79 Å². The fourth-order valence-electron chi connectivity index (χ4n) is 5.45. The normalized spacial score (nSPS) is 21.5. The molecule has 0 aliphatic carbocycles. The third kappa shape index (κ3) is 8.50. The fraction of sp³-hybridized carbons (Fsp3) is 0.382. The van der Waals surface area contributed by atoms with Gasteiger partial charge in [0.2, 0.25) is 0 Å². The molecule has 0 aromatic heterocycles. The van der Waals surface area contributed by atoms with Crippen LogP contribution < -0.4 is 5.32 Å². The predicted molar refractivity (Wildman–Crippen MR) is 161 cm³/mol. The van der Waals surface area contributed by atoms with E-state index in [0.29, 0.717) is 6.54 Å². The van der Waals surface area contributed by atoms with Gasteiger partial charge in [0.05, 0.1) is 18.8 Å². The Kier molecular flexibility index (Phi) is 10.8. The van der Waals surface area contributed by atoms with Crippen molar-refractivity contribution in [1.82, 2.24) is 15.1 Å². The van der Waals surface area contributed by atoms with E-state index in [2.05, 4.69) is 52.0 Å². The minimum absolute atomic E-state index is 0.00733. The third-order valence-corrected chi connectivity index (χ3v) is 7.81. The molecule has 2 saturated heterocycles. The van der Waals surface area contributed by atoms with E-state index in [0.717, 1.165) is 67.9 Å². The number of carbonyl (C=O) groups excluding carboxylic acids is 1. The van der Waals surface area contributed by atoms with Crippen molar-refractivity contribution in [2.24, 2.45) is 0 Å². The Morgan fingerprint density at radius 2 is 1.55 bits per heavy atom. The summed E-state index contributed by atoms with van der Waals surface area (Å²) in [4.78, 5) is 16.8. The summed E-state index contributed by atoms with van der Waals surface area (Å²) in [6.07, 6.45) is 1.19. The van der Waals surface area contributed by atoms with Crippen LogP contribution in [0.25, 0.3) is 0 Å². The predicted octanol–water partition coefficient (Wildman–Crippen LogP) is 4.95. The van der Waals surface area contributed by atoms with Crippen LogP contribution in [0, 0.1) is 0 Å². The molecule has 1 amide bonds. The molecule has 0 bridgehead atoms. The molecule has 2 N–H and O–H groups in total. The first-order chi connectivity index (χ1) is 20.6. The van der Waals surface area contributed by atoms with E-state index in [4.69, 9.17) is 14.2 Å². The molecular formula is C34H41N3O5. The minimum Gasteiger partial charge on any atom is -0.445 e. The first kappa shape index (κ1) is 29.9. The van der Waals surface area contributed by atoms with Gasteiger partial charge >= 0.3 is 6.09 Å². The van der Waals surface area contributed by atoms with E-state index in [1.54, 1.807) is 0 Å². The van der Waals surface area contributed by atoms with E-state index >= 15 is 0 Å². The van der Waals surface area contributed by atoms with Gasteiger partial charge in [-0.05, 0) is 22.3 Å². The lowest BCUT2D eigenvalue weighted by Gasteiger charge is -2.40. The highest BCUT2D eigenvalue weighted by atomic mass is 16.7. The number of aliphatic hydroxyl groups is 1. The smallest absolute Gasteiger partial charge is 0.407 e. The maximum Gasteiger partial charge on any atom is 0.407 e. The highest BCUT2D eigenvalue weighted by Gasteiger charge is 2.33. The van der Waals surface area contributed by atoms with Crippen molar-refractivity contribution < 1.29 is 24.1 Å². The topological polar surface area (TPSA) is 83.5 Å². The van der Waals surface area contributed by atoms with Gasteiger partial charge in [0, 0.05) is 57.8 Å². The van der Waals surface area contributed by atoms with Gasteiger partial charge < -0.3 is 24.6 Å². The molecule has 0 spiro atoms. The number of hydrogen-bond donors (Lipinski definition) is 2. The number of rotatable bonds is 11. The molecule has 5 rings (SSSR count). The van der Waals surface area contributed by atoms with E-state index in [1.807, 2.05) is 48.5 Å². The lowest BCUT2D eigenvalue weighted by Crippen LogP contribution is -2.49. The summed E-state index contributed by atoms with van der Waals surface area (Å²) in [5.74, 6) is 0. The SMILES string of the molecule is C=CCOC(=O)NCc1ccc([C@@H]2O[C@H](CN3CCN(Cc4ccccc4)CC3)C[C@H](c3ccc(CO)cc3)O2)cc1. The van der Waals surface area contributed by atoms with Crippen molar-refractivity contribution in [3.63, 3.8) is 0 Å². The van der Waals surface area contributed by atoms with Crippen LogP contribution in [-0.2, 0) is 33.9 Å². The second-order valence-corrected chi connectivity index (χ2v) is 10.9. The van der Waals surface area contributed by atoms with Crippen LogP contribution >= 0.6 is 0 Å². The Hall–Kier alpha value is -3.53. The number of piperazine rings is 1. The van der Waals surface area contributed by atoms with E-state index in [-0.39, 0.29) is 25.4 Å². The maximum atomic E-state index is 11.8. The first-order valence-electron chi connectivity index (χ1n) is 14.7. The van der Waals surface area contributed by atoms with Gasteiger partial charge in [0.25, 0.3) is 0 Å². The van der Waals surface area contributed by atoms with Crippen molar-refractivity contribution >= 4 is 6.09 Å². The molecule has 42 heavy (non-hydrogen) atoms. The number of aliphatic hydroxyl groups excluding tert-OH is 1.